The summed E-state index contributed by atoms with van der Waals surface area (Å²) in [5, 5.41) is 11.5. The van der Waals surface area contributed by atoms with Gasteiger partial charge in [0.25, 0.3) is 0 Å². The fourth-order valence-corrected chi connectivity index (χ4v) is 1.82. The van der Waals surface area contributed by atoms with Crippen molar-refractivity contribution in [2.75, 3.05) is 30.4 Å². The average Bonchev–Trinajstić information content (AvgIpc) is 3.18. The maximum absolute atomic E-state index is 12.8. The second kappa shape index (κ2) is 5.20. The molecule has 1 aromatic heterocycles. The SMILES string of the molecule is CNc1nc(N(CCO)C2CC2)cc(C(F)(F)F)n1. The molecule has 1 aliphatic rings. The number of aromatic nitrogens is 2. The second-order valence-electron chi connectivity index (χ2n) is 4.33. The van der Waals surface area contributed by atoms with Gasteiger partial charge < -0.3 is 15.3 Å². The first kappa shape index (κ1) is 13.9. The van der Waals surface area contributed by atoms with Crippen LogP contribution < -0.4 is 10.2 Å². The average molecular weight is 276 g/mol. The fraction of sp³-hybridized carbons (Fsp3) is 0.636. The summed E-state index contributed by atoms with van der Waals surface area (Å²) < 4.78 is 38.3. The number of halogens is 3. The van der Waals surface area contributed by atoms with Crippen molar-refractivity contribution in [3.05, 3.63) is 11.8 Å². The highest BCUT2D eigenvalue weighted by Crippen LogP contribution is 2.34. The third-order valence-electron chi connectivity index (χ3n) is 2.85. The van der Waals surface area contributed by atoms with Crippen LogP contribution in [0.4, 0.5) is 24.9 Å². The summed E-state index contributed by atoms with van der Waals surface area (Å²) >= 11 is 0. The molecule has 0 aliphatic heterocycles. The number of nitrogens with one attached hydrogen (secondary N) is 1. The van der Waals surface area contributed by atoms with E-state index < -0.39 is 11.9 Å². The van der Waals surface area contributed by atoms with Gasteiger partial charge in [-0.05, 0) is 12.8 Å². The van der Waals surface area contributed by atoms with Crippen LogP contribution in [0.5, 0.6) is 0 Å². The number of anilines is 2. The Morgan fingerprint density at radius 1 is 1.42 bits per heavy atom. The predicted molar refractivity (Wildman–Crippen MR) is 64.0 cm³/mol. The molecule has 1 heterocycles. The Morgan fingerprint density at radius 3 is 2.58 bits per heavy atom. The third-order valence-corrected chi connectivity index (χ3v) is 2.85. The molecule has 1 fully saturated rings. The zero-order chi connectivity index (χ0) is 14.0. The molecular formula is C11H15F3N4O. The highest BCUT2D eigenvalue weighted by Gasteiger charge is 2.36. The molecule has 8 heteroatoms. The van der Waals surface area contributed by atoms with E-state index in [1.807, 2.05) is 0 Å². The molecule has 0 bridgehead atoms. The van der Waals surface area contributed by atoms with E-state index in [9.17, 15) is 13.2 Å². The maximum Gasteiger partial charge on any atom is 0.433 e. The second-order valence-corrected chi connectivity index (χ2v) is 4.33. The molecule has 0 unspecified atom stereocenters. The van der Waals surface area contributed by atoms with Gasteiger partial charge in [0.15, 0.2) is 5.69 Å². The van der Waals surface area contributed by atoms with Crippen LogP contribution in [0.1, 0.15) is 18.5 Å². The van der Waals surface area contributed by atoms with Crippen molar-refractivity contribution in [3.63, 3.8) is 0 Å². The van der Waals surface area contributed by atoms with Crippen LogP contribution in [0, 0.1) is 0 Å². The van der Waals surface area contributed by atoms with E-state index in [0.717, 1.165) is 18.9 Å². The first-order valence-electron chi connectivity index (χ1n) is 5.97. The molecule has 0 amide bonds. The van der Waals surface area contributed by atoms with Crippen molar-refractivity contribution in [1.29, 1.82) is 0 Å². The quantitative estimate of drug-likeness (QED) is 0.853. The van der Waals surface area contributed by atoms with Crippen LogP contribution >= 0.6 is 0 Å². The van der Waals surface area contributed by atoms with E-state index in [1.165, 1.54) is 7.05 Å². The Balaban J connectivity index is 2.37. The molecule has 2 N–H and O–H groups in total. The number of aliphatic hydroxyl groups excluding tert-OH is 1. The summed E-state index contributed by atoms with van der Waals surface area (Å²) in [7, 11) is 1.47. The minimum atomic E-state index is -4.52. The normalized spacial score (nSPS) is 15.4. The van der Waals surface area contributed by atoms with Crippen LogP contribution in [0.15, 0.2) is 6.07 Å². The van der Waals surface area contributed by atoms with Crippen LogP contribution in [0.2, 0.25) is 0 Å². The molecule has 106 valence electrons. The lowest BCUT2D eigenvalue weighted by molar-refractivity contribution is -0.141. The van der Waals surface area contributed by atoms with Crippen LogP contribution in [-0.2, 0) is 6.18 Å². The van der Waals surface area contributed by atoms with Crippen molar-refractivity contribution in [2.24, 2.45) is 0 Å². The van der Waals surface area contributed by atoms with E-state index >= 15 is 0 Å². The molecule has 1 aliphatic carbocycles. The molecule has 0 aromatic carbocycles. The smallest absolute Gasteiger partial charge is 0.395 e. The molecule has 0 spiro atoms. The number of nitrogens with zero attached hydrogens (tertiary/aromatic N) is 3. The van der Waals surface area contributed by atoms with Gasteiger partial charge in [-0.25, -0.2) is 4.98 Å². The van der Waals surface area contributed by atoms with Gasteiger partial charge >= 0.3 is 6.18 Å². The summed E-state index contributed by atoms with van der Waals surface area (Å²) in [5.41, 5.74) is -0.981. The summed E-state index contributed by atoms with van der Waals surface area (Å²) in [6.07, 6.45) is -2.71. The minimum absolute atomic E-state index is 0.0755. The molecular weight excluding hydrogens is 261 g/mol. The van der Waals surface area contributed by atoms with Crippen LogP contribution in [-0.4, -0.2) is 41.3 Å². The van der Waals surface area contributed by atoms with Crippen LogP contribution in [0.3, 0.4) is 0 Å². The monoisotopic (exact) mass is 276 g/mol. The first-order valence-corrected chi connectivity index (χ1v) is 5.97. The summed E-state index contributed by atoms with van der Waals surface area (Å²) in [6.45, 7) is 0.138. The Hall–Kier alpha value is -1.57. The standard InChI is InChI=1S/C11H15F3N4O/c1-15-10-16-8(11(12,13)14)6-9(17-10)18(4-5-19)7-2-3-7/h6-7,19H,2-5H2,1H3,(H,15,16,17). The van der Waals surface area contributed by atoms with Crippen molar-refractivity contribution in [1.82, 2.24) is 9.97 Å². The molecule has 1 saturated carbocycles. The predicted octanol–water partition coefficient (Wildman–Crippen LogP) is 1.50. The Labute approximate surface area is 108 Å². The van der Waals surface area contributed by atoms with E-state index in [4.69, 9.17) is 5.11 Å². The van der Waals surface area contributed by atoms with Crippen molar-refractivity contribution in [3.8, 4) is 0 Å². The van der Waals surface area contributed by atoms with Gasteiger partial charge in [-0.15, -0.1) is 0 Å². The van der Waals surface area contributed by atoms with Crippen molar-refractivity contribution in [2.45, 2.75) is 25.1 Å². The van der Waals surface area contributed by atoms with Crippen molar-refractivity contribution < 1.29 is 18.3 Å². The van der Waals surface area contributed by atoms with Gasteiger partial charge in [0.05, 0.1) is 6.61 Å². The van der Waals surface area contributed by atoms with Crippen LogP contribution in [0.25, 0.3) is 0 Å². The molecule has 0 saturated heterocycles. The maximum atomic E-state index is 12.8. The molecule has 0 atom stereocenters. The van der Waals surface area contributed by atoms with Gasteiger partial charge in [-0.1, -0.05) is 0 Å². The summed E-state index contributed by atoms with van der Waals surface area (Å²) in [5.74, 6) is 0.122. The lowest BCUT2D eigenvalue weighted by Crippen LogP contribution is -2.30. The highest BCUT2D eigenvalue weighted by molar-refractivity contribution is 5.47. The minimum Gasteiger partial charge on any atom is -0.395 e. The summed E-state index contributed by atoms with van der Waals surface area (Å²) in [4.78, 5) is 9.14. The van der Waals surface area contributed by atoms with E-state index in [2.05, 4.69) is 15.3 Å². The van der Waals surface area contributed by atoms with Gasteiger partial charge in [-0.3, -0.25) is 0 Å². The molecule has 0 radical (unpaired) electrons. The first-order chi connectivity index (χ1) is 8.95. The fourth-order valence-electron chi connectivity index (χ4n) is 1.82. The van der Waals surface area contributed by atoms with Gasteiger partial charge in [0.1, 0.15) is 5.82 Å². The van der Waals surface area contributed by atoms with Crippen molar-refractivity contribution >= 4 is 11.8 Å². The molecule has 2 rings (SSSR count). The Bertz CT molecular complexity index is 448. The van der Waals surface area contributed by atoms with E-state index in [-0.39, 0.29) is 31.0 Å². The lowest BCUT2D eigenvalue weighted by Gasteiger charge is -2.23. The third kappa shape index (κ3) is 3.25. The van der Waals surface area contributed by atoms with E-state index in [1.54, 1.807) is 4.90 Å². The zero-order valence-corrected chi connectivity index (χ0v) is 10.4. The molecule has 5 nitrogen and oxygen atoms in total. The Morgan fingerprint density at radius 2 is 2.11 bits per heavy atom. The van der Waals surface area contributed by atoms with E-state index in [0.29, 0.717) is 0 Å². The number of rotatable bonds is 5. The number of aliphatic hydroxyl groups is 1. The van der Waals surface area contributed by atoms with Gasteiger partial charge in [0.2, 0.25) is 5.95 Å². The largest absolute Gasteiger partial charge is 0.433 e. The topological polar surface area (TPSA) is 61.3 Å². The molecule has 1 aromatic rings. The zero-order valence-electron chi connectivity index (χ0n) is 10.4. The van der Waals surface area contributed by atoms with Gasteiger partial charge in [-0.2, -0.15) is 18.2 Å². The van der Waals surface area contributed by atoms with Gasteiger partial charge in [0, 0.05) is 25.7 Å². The lowest BCUT2D eigenvalue weighted by atomic mass is 10.3. The number of hydrogen-bond acceptors (Lipinski definition) is 5. The number of alkyl halides is 3. The Kier molecular flexibility index (Phi) is 3.79. The molecule has 19 heavy (non-hydrogen) atoms. The summed E-state index contributed by atoms with van der Waals surface area (Å²) in [6, 6.07) is 1.09. The number of hydrogen-bond donors (Lipinski definition) is 2. The highest BCUT2D eigenvalue weighted by atomic mass is 19.4.